The first kappa shape index (κ1) is 7.31. The second-order valence-corrected chi connectivity index (χ2v) is 3.34. The van der Waals surface area contributed by atoms with Crippen molar-refractivity contribution in [1.82, 2.24) is 4.98 Å². The Balaban J connectivity index is 2.55. The second kappa shape index (κ2) is 2.95. The first-order valence-corrected chi connectivity index (χ1v) is 4.49. The summed E-state index contributed by atoms with van der Waals surface area (Å²) in [6.45, 7) is 0. The number of para-hydroxylation sites is 1. The molecule has 0 saturated carbocycles. The van der Waals surface area contributed by atoms with Gasteiger partial charge in [0.05, 0.1) is 10.4 Å². The lowest BCUT2D eigenvalue weighted by Crippen LogP contribution is -1.86. The highest BCUT2D eigenvalue weighted by molar-refractivity contribution is 7.13. The van der Waals surface area contributed by atoms with Gasteiger partial charge in [0.2, 0.25) is 0 Å². The fourth-order valence-electron chi connectivity index (χ4n) is 1.07. The molecule has 0 aliphatic carbocycles. The zero-order valence-electron chi connectivity index (χ0n) is 6.40. The van der Waals surface area contributed by atoms with Gasteiger partial charge in [-0.1, -0.05) is 18.2 Å². The van der Waals surface area contributed by atoms with Crippen molar-refractivity contribution in [2.45, 2.75) is 0 Å². The zero-order valence-corrected chi connectivity index (χ0v) is 7.21. The van der Waals surface area contributed by atoms with Crippen LogP contribution in [0.2, 0.25) is 0 Å². The molecule has 1 heterocycles. The van der Waals surface area contributed by atoms with Crippen LogP contribution in [0.25, 0.3) is 10.4 Å². The monoisotopic (exact) mass is 176 g/mol. The van der Waals surface area contributed by atoms with E-state index in [9.17, 15) is 0 Å². The molecule has 0 fully saturated rings. The summed E-state index contributed by atoms with van der Waals surface area (Å²) in [5.41, 5.74) is 9.47. The fourth-order valence-corrected chi connectivity index (χ4v) is 1.74. The molecule has 2 rings (SSSR count). The van der Waals surface area contributed by atoms with Crippen molar-refractivity contribution in [2.24, 2.45) is 0 Å². The van der Waals surface area contributed by atoms with Gasteiger partial charge in [-0.2, -0.15) is 0 Å². The second-order valence-electron chi connectivity index (χ2n) is 2.45. The third-order valence-electron chi connectivity index (χ3n) is 1.66. The maximum atomic E-state index is 5.79. The number of aromatic nitrogens is 1. The van der Waals surface area contributed by atoms with E-state index in [4.69, 9.17) is 5.73 Å². The number of hydrogen-bond donors (Lipinski definition) is 1. The number of thiazole rings is 1. The Labute approximate surface area is 74.7 Å². The molecule has 1 aromatic heterocycles. The Hall–Kier alpha value is -1.35. The molecule has 2 N–H and O–H groups in total. The highest BCUT2D eigenvalue weighted by Crippen LogP contribution is 2.27. The third kappa shape index (κ3) is 1.19. The molecule has 0 spiro atoms. The number of benzene rings is 1. The Morgan fingerprint density at radius 3 is 2.75 bits per heavy atom. The first-order chi connectivity index (χ1) is 5.88. The molecule has 2 nitrogen and oxygen atoms in total. The molecule has 12 heavy (non-hydrogen) atoms. The maximum Gasteiger partial charge on any atom is 0.0797 e. The van der Waals surface area contributed by atoms with Crippen LogP contribution in [0.4, 0.5) is 5.69 Å². The minimum atomic E-state index is 0.807. The molecule has 60 valence electrons. The Bertz CT molecular complexity index is 368. The highest BCUT2D eigenvalue weighted by atomic mass is 32.1. The quantitative estimate of drug-likeness (QED) is 0.677. The summed E-state index contributed by atoms with van der Waals surface area (Å²) in [6, 6.07) is 7.81. The molecule has 0 radical (unpaired) electrons. The number of nitrogens with two attached hydrogens (primary N) is 1. The van der Waals surface area contributed by atoms with Crippen LogP contribution in [-0.2, 0) is 0 Å². The SMILES string of the molecule is Nc1ccccc1-c1cncs1. The molecule has 0 unspecified atom stereocenters. The van der Waals surface area contributed by atoms with Gasteiger partial charge < -0.3 is 5.73 Å². The van der Waals surface area contributed by atoms with E-state index in [1.165, 1.54) is 0 Å². The third-order valence-corrected chi connectivity index (χ3v) is 2.46. The fraction of sp³-hybridized carbons (Fsp3) is 0. The van der Waals surface area contributed by atoms with E-state index in [-0.39, 0.29) is 0 Å². The van der Waals surface area contributed by atoms with E-state index in [1.807, 2.05) is 36.0 Å². The lowest BCUT2D eigenvalue weighted by atomic mass is 10.1. The van der Waals surface area contributed by atoms with Crippen molar-refractivity contribution in [1.29, 1.82) is 0 Å². The maximum absolute atomic E-state index is 5.79. The summed E-state index contributed by atoms with van der Waals surface area (Å²) in [4.78, 5) is 5.12. The topological polar surface area (TPSA) is 38.9 Å². The molecular weight excluding hydrogens is 168 g/mol. The van der Waals surface area contributed by atoms with Crippen molar-refractivity contribution < 1.29 is 0 Å². The highest BCUT2D eigenvalue weighted by Gasteiger charge is 2.01. The van der Waals surface area contributed by atoms with E-state index in [0.29, 0.717) is 0 Å². The van der Waals surface area contributed by atoms with Gasteiger partial charge in [0.1, 0.15) is 0 Å². The summed E-state index contributed by atoms with van der Waals surface area (Å²) in [7, 11) is 0. The van der Waals surface area contributed by atoms with Crippen LogP contribution >= 0.6 is 11.3 Å². The van der Waals surface area contributed by atoms with Crippen molar-refractivity contribution in [2.75, 3.05) is 5.73 Å². The van der Waals surface area contributed by atoms with Crippen molar-refractivity contribution in [3.05, 3.63) is 36.0 Å². The van der Waals surface area contributed by atoms with E-state index >= 15 is 0 Å². The van der Waals surface area contributed by atoms with Gasteiger partial charge >= 0.3 is 0 Å². The molecule has 0 atom stereocenters. The number of nitrogens with zero attached hydrogens (tertiary/aromatic N) is 1. The van der Waals surface area contributed by atoms with Crippen LogP contribution in [0.5, 0.6) is 0 Å². The van der Waals surface area contributed by atoms with Gasteiger partial charge in [0.25, 0.3) is 0 Å². The molecule has 0 aliphatic rings. The minimum Gasteiger partial charge on any atom is -0.398 e. The largest absolute Gasteiger partial charge is 0.398 e. The predicted molar refractivity (Wildman–Crippen MR) is 52.0 cm³/mol. The molecule has 3 heteroatoms. The van der Waals surface area contributed by atoms with E-state index in [0.717, 1.165) is 16.1 Å². The summed E-state index contributed by atoms with van der Waals surface area (Å²) >= 11 is 1.60. The van der Waals surface area contributed by atoms with Crippen LogP contribution in [0.1, 0.15) is 0 Å². The Morgan fingerprint density at radius 2 is 2.08 bits per heavy atom. The molecule has 2 aromatic rings. The lowest BCUT2D eigenvalue weighted by Gasteiger charge is -1.99. The predicted octanol–water partition coefficient (Wildman–Crippen LogP) is 2.39. The van der Waals surface area contributed by atoms with E-state index < -0.39 is 0 Å². The summed E-state index contributed by atoms with van der Waals surface area (Å²) in [6.07, 6.45) is 1.83. The number of nitrogen functional groups attached to an aromatic ring is 1. The van der Waals surface area contributed by atoms with Crippen molar-refractivity contribution in [3.8, 4) is 10.4 Å². The molecule has 1 aromatic carbocycles. The van der Waals surface area contributed by atoms with Gasteiger partial charge in [0, 0.05) is 17.4 Å². The standard InChI is InChI=1S/C9H8N2S/c10-8-4-2-1-3-7(8)9-5-11-6-12-9/h1-6H,10H2. The van der Waals surface area contributed by atoms with Crippen molar-refractivity contribution in [3.63, 3.8) is 0 Å². The normalized spacial score (nSPS) is 10.0. The van der Waals surface area contributed by atoms with Gasteiger partial charge in [-0.05, 0) is 6.07 Å². The molecular formula is C9H8N2S. The van der Waals surface area contributed by atoms with Crippen LogP contribution < -0.4 is 5.73 Å². The van der Waals surface area contributed by atoms with Gasteiger partial charge in [-0.15, -0.1) is 11.3 Å². The first-order valence-electron chi connectivity index (χ1n) is 3.61. The number of anilines is 1. The van der Waals surface area contributed by atoms with Gasteiger partial charge in [-0.25, -0.2) is 0 Å². The van der Waals surface area contributed by atoms with E-state index in [1.54, 1.807) is 11.3 Å². The average Bonchev–Trinajstić information content (AvgIpc) is 2.57. The zero-order chi connectivity index (χ0) is 8.39. The molecule has 0 saturated heterocycles. The van der Waals surface area contributed by atoms with Crippen LogP contribution in [0, 0.1) is 0 Å². The molecule has 0 bridgehead atoms. The summed E-state index contributed by atoms with van der Waals surface area (Å²) in [5, 5.41) is 0. The number of rotatable bonds is 1. The number of hydrogen-bond acceptors (Lipinski definition) is 3. The van der Waals surface area contributed by atoms with Gasteiger partial charge in [-0.3, -0.25) is 4.98 Å². The molecule has 0 amide bonds. The van der Waals surface area contributed by atoms with Crippen molar-refractivity contribution >= 4 is 17.0 Å². The van der Waals surface area contributed by atoms with Crippen LogP contribution in [0.3, 0.4) is 0 Å². The minimum absolute atomic E-state index is 0.807. The molecule has 0 aliphatic heterocycles. The van der Waals surface area contributed by atoms with Gasteiger partial charge in [0.15, 0.2) is 0 Å². The Morgan fingerprint density at radius 1 is 1.25 bits per heavy atom. The van der Waals surface area contributed by atoms with E-state index in [2.05, 4.69) is 4.98 Å². The Kier molecular flexibility index (Phi) is 1.80. The smallest absolute Gasteiger partial charge is 0.0797 e. The average molecular weight is 176 g/mol. The summed E-state index contributed by atoms with van der Waals surface area (Å²) in [5.74, 6) is 0. The van der Waals surface area contributed by atoms with Crippen LogP contribution in [-0.4, -0.2) is 4.98 Å². The summed E-state index contributed by atoms with van der Waals surface area (Å²) < 4.78 is 0. The van der Waals surface area contributed by atoms with Crippen LogP contribution in [0.15, 0.2) is 36.0 Å². The lowest BCUT2D eigenvalue weighted by molar-refractivity contribution is 1.42.